The SMILES string of the molecule is O=C(O)CN1C(=O)S/C(=C/c2cc(Cl)c(O)c(Cl)c2)C1=O. The van der Waals surface area contributed by atoms with E-state index in [1.807, 2.05) is 0 Å². The Balaban J connectivity index is 2.33. The van der Waals surface area contributed by atoms with E-state index in [0.717, 1.165) is 0 Å². The van der Waals surface area contributed by atoms with Crippen molar-refractivity contribution in [3.63, 3.8) is 0 Å². The number of thioether (sulfide) groups is 1. The summed E-state index contributed by atoms with van der Waals surface area (Å²) in [5, 5.41) is 17.4. The van der Waals surface area contributed by atoms with Crippen molar-refractivity contribution in [1.82, 2.24) is 4.90 Å². The van der Waals surface area contributed by atoms with Gasteiger partial charge in [0, 0.05) is 0 Å². The summed E-state index contributed by atoms with van der Waals surface area (Å²) in [5.41, 5.74) is 0.406. The molecular weight excluding hydrogens is 341 g/mol. The van der Waals surface area contributed by atoms with Crippen LogP contribution in [0.15, 0.2) is 17.0 Å². The molecule has 0 atom stereocenters. The van der Waals surface area contributed by atoms with Crippen molar-refractivity contribution >= 4 is 58.2 Å². The maximum atomic E-state index is 11.9. The van der Waals surface area contributed by atoms with Gasteiger partial charge in [0.05, 0.1) is 15.0 Å². The summed E-state index contributed by atoms with van der Waals surface area (Å²) < 4.78 is 0. The standard InChI is InChI=1S/C12H7Cl2NO5S/c13-6-1-5(2-7(14)10(6)18)3-8-11(19)15(4-9(16)17)12(20)21-8/h1-3,18H,4H2,(H,16,17)/b8-3+. The molecule has 9 heteroatoms. The fourth-order valence-corrected chi connectivity index (χ4v) is 2.93. The van der Waals surface area contributed by atoms with Crippen LogP contribution in [0.25, 0.3) is 6.08 Å². The van der Waals surface area contributed by atoms with E-state index in [1.54, 1.807) is 0 Å². The lowest BCUT2D eigenvalue weighted by Gasteiger charge is -2.07. The largest absolute Gasteiger partial charge is 0.505 e. The number of phenols is 1. The Morgan fingerprint density at radius 1 is 1.29 bits per heavy atom. The van der Waals surface area contributed by atoms with E-state index >= 15 is 0 Å². The molecule has 2 N–H and O–H groups in total. The molecule has 1 saturated heterocycles. The number of carboxylic acid groups (broad SMARTS) is 1. The normalized spacial score (nSPS) is 16.9. The average molecular weight is 348 g/mol. The molecule has 6 nitrogen and oxygen atoms in total. The van der Waals surface area contributed by atoms with Gasteiger partial charge in [-0.1, -0.05) is 23.2 Å². The number of halogens is 2. The Hall–Kier alpha value is -1.70. The Labute approximate surface area is 132 Å². The summed E-state index contributed by atoms with van der Waals surface area (Å²) >= 11 is 12.1. The molecular formula is C12H7Cl2NO5S. The summed E-state index contributed by atoms with van der Waals surface area (Å²) in [7, 11) is 0. The third-order valence-corrected chi connectivity index (χ3v) is 3.99. The first-order chi connectivity index (χ1) is 9.79. The predicted molar refractivity (Wildman–Crippen MR) is 78.4 cm³/mol. The second-order valence-corrected chi connectivity index (χ2v) is 5.80. The Morgan fingerprint density at radius 2 is 1.86 bits per heavy atom. The van der Waals surface area contributed by atoms with Crippen molar-refractivity contribution in [3.05, 3.63) is 32.6 Å². The molecule has 21 heavy (non-hydrogen) atoms. The van der Waals surface area contributed by atoms with E-state index < -0.39 is 23.7 Å². The molecule has 110 valence electrons. The number of hydrogen-bond donors (Lipinski definition) is 2. The van der Waals surface area contributed by atoms with Crippen molar-refractivity contribution in [2.24, 2.45) is 0 Å². The molecule has 2 rings (SSSR count). The zero-order valence-corrected chi connectivity index (χ0v) is 12.5. The van der Waals surface area contributed by atoms with Crippen LogP contribution in [0.3, 0.4) is 0 Å². The summed E-state index contributed by atoms with van der Waals surface area (Å²) in [6, 6.07) is 2.74. The predicted octanol–water partition coefficient (Wildman–Crippen LogP) is 2.82. The highest BCUT2D eigenvalue weighted by Gasteiger charge is 2.36. The molecule has 1 heterocycles. The lowest BCUT2D eigenvalue weighted by Crippen LogP contribution is -2.33. The molecule has 2 amide bonds. The second kappa shape index (κ2) is 5.97. The number of amides is 2. The van der Waals surface area contributed by atoms with Gasteiger partial charge in [0.15, 0.2) is 5.75 Å². The first kappa shape index (κ1) is 15.7. The van der Waals surface area contributed by atoms with Crippen LogP contribution in [-0.2, 0) is 9.59 Å². The molecule has 0 unspecified atom stereocenters. The second-order valence-electron chi connectivity index (χ2n) is 3.99. The number of carbonyl (C=O) groups is 3. The highest BCUT2D eigenvalue weighted by molar-refractivity contribution is 8.18. The smallest absolute Gasteiger partial charge is 0.323 e. The number of aromatic hydroxyl groups is 1. The van der Waals surface area contributed by atoms with Crippen LogP contribution in [0.2, 0.25) is 10.0 Å². The summed E-state index contributed by atoms with van der Waals surface area (Å²) in [5.74, 6) is -2.27. The molecule has 0 spiro atoms. The Kier molecular flexibility index (Phi) is 4.46. The number of benzene rings is 1. The number of nitrogens with zero attached hydrogens (tertiary/aromatic N) is 1. The van der Waals surface area contributed by atoms with Crippen LogP contribution in [0.1, 0.15) is 5.56 Å². The molecule has 0 aliphatic carbocycles. The minimum atomic E-state index is -1.28. The van der Waals surface area contributed by atoms with Crippen molar-refractivity contribution in [1.29, 1.82) is 0 Å². The molecule has 0 aromatic heterocycles. The van der Waals surface area contributed by atoms with Crippen molar-refractivity contribution in [3.8, 4) is 5.75 Å². The Bertz CT molecular complexity index is 665. The zero-order valence-electron chi connectivity index (χ0n) is 10.2. The summed E-state index contributed by atoms with van der Waals surface area (Å²) in [4.78, 5) is 34.8. The number of rotatable bonds is 3. The highest BCUT2D eigenvalue weighted by atomic mass is 35.5. The van der Waals surface area contributed by atoms with Crippen molar-refractivity contribution in [2.75, 3.05) is 6.54 Å². The van der Waals surface area contributed by atoms with Crippen LogP contribution >= 0.6 is 35.0 Å². The van der Waals surface area contributed by atoms with Gasteiger partial charge in [-0.3, -0.25) is 19.3 Å². The molecule has 1 aliphatic heterocycles. The van der Waals surface area contributed by atoms with Crippen LogP contribution in [0.4, 0.5) is 4.79 Å². The molecule has 0 bridgehead atoms. The van der Waals surface area contributed by atoms with Crippen molar-refractivity contribution in [2.45, 2.75) is 0 Å². The van der Waals surface area contributed by atoms with E-state index in [0.29, 0.717) is 22.2 Å². The van der Waals surface area contributed by atoms with Gasteiger partial charge in [0.1, 0.15) is 6.54 Å². The molecule has 0 saturated carbocycles. The molecule has 1 fully saturated rings. The number of phenolic OH excluding ortho intramolecular Hbond substituents is 1. The topological polar surface area (TPSA) is 94.9 Å². The number of carboxylic acids is 1. The van der Waals surface area contributed by atoms with Crippen LogP contribution in [0.5, 0.6) is 5.75 Å². The fraction of sp³-hybridized carbons (Fsp3) is 0.0833. The van der Waals surface area contributed by atoms with Gasteiger partial charge in [0.2, 0.25) is 0 Å². The van der Waals surface area contributed by atoms with Gasteiger partial charge in [-0.25, -0.2) is 0 Å². The minimum absolute atomic E-state index is 0.00138. The quantitative estimate of drug-likeness (QED) is 0.816. The molecule has 0 radical (unpaired) electrons. The first-order valence-corrected chi connectivity index (χ1v) is 7.02. The lowest BCUT2D eigenvalue weighted by molar-refractivity contribution is -0.140. The molecule has 1 aliphatic rings. The monoisotopic (exact) mass is 347 g/mol. The van der Waals surface area contributed by atoms with Crippen LogP contribution < -0.4 is 0 Å². The van der Waals surface area contributed by atoms with Crippen molar-refractivity contribution < 1.29 is 24.6 Å². The van der Waals surface area contributed by atoms with E-state index in [-0.39, 0.29) is 20.7 Å². The third-order valence-electron chi connectivity index (χ3n) is 2.50. The summed E-state index contributed by atoms with van der Waals surface area (Å²) in [6.07, 6.45) is 1.35. The fourth-order valence-electron chi connectivity index (χ4n) is 1.59. The van der Waals surface area contributed by atoms with E-state index in [4.69, 9.17) is 28.3 Å². The number of carbonyl (C=O) groups excluding carboxylic acids is 2. The van der Waals surface area contributed by atoms with Gasteiger partial charge in [-0.15, -0.1) is 0 Å². The maximum absolute atomic E-state index is 11.9. The van der Waals surface area contributed by atoms with Crippen LogP contribution in [-0.4, -0.2) is 38.8 Å². The number of aliphatic carboxylic acids is 1. The Morgan fingerprint density at radius 3 is 2.38 bits per heavy atom. The molecule has 1 aromatic rings. The minimum Gasteiger partial charge on any atom is -0.505 e. The van der Waals surface area contributed by atoms with E-state index in [9.17, 15) is 19.5 Å². The van der Waals surface area contributed by atoms with Gasteiger partial charge < -0.3 is 10.2 Å². The average Bonchev–Trinajstić information content (AvgIpc) is 2.63. The van der Waals surface area contributed by atoms with Gasteiger partial charge in [-0.05, 0) is 35.5 Å². The van der Waals surface area contributed by atoms with E-state index in [1.165, 1.54) is 18.2 Å². The highest BCUT2D eigenvalue weighted by Crippen LogP contribution is 2.36. The number of hydrogen-bond acceptors (Lipinski definition) is 5. The van der Waals surface area contributed by atoms with Gasteiger partial charge in [0.25, 0.3) is 11.1 Å². The maximum Gasteiger partial charge on any atom is 0.323 e. The van der Waals surface area contributed by atoms with Gasteiger partial charge >= 0.3 is 5.97 Å². The van der Waals surface area contributed by atoms with Gasteiger partial charge in [-0.2, -0.15) is 0 Å². The lowest BCUT2D eigenvalue weighted by atomic mass is 10.2. The molecule has 1 aromatic carbocycles. The van der Waals surface area contributed by atoms with Crippen LogP contribution in [0, 0.1) is 0 Å². The third kappa shape index (κ3) is 3.31. The zero-order chi connectivity index (χ0) is 15.7. The number of imide groups is 1. The first-order valence-electron chi connectivity index (χ1n) is 5.44. The van der Waals surface area contributed by atoms with E-state index in [2.05, 4.69) is 0 Å². The summed E-state index contributed by atoms with van der Waals surface area (Å²) in [6.45, 7) is -0.695.